The van der Waals surface area contributed by atoms with Crippen LogP contribution in [0.15, 0.2) is 17.2 Å². The molecular formula is C10H16N2O3. The highest BCUT2D eigenvalue weighted by Gasteiger charge is 2.09. The molecule has 84 valence electrons. The highest BCUT2D eigenvalue weighted by atomic mass is 16.5. The third-order valence-corrected chi connectivity index (χ3v) is 1.53. The van der Waals surface area contributed by atoms with Crippen molar-refractivity contribution in [3.8, 4) is 5.88 Å². The van der Waals surface area contributed by atoms with Crippen LogP contribution in [-0.2, 0) is 4.74 Å². The molecule has 1 aromatic rings. The molecule has 0 unspecified atom stereocenters. The van der Waals surface area contributed by atoms with E-state index in [2.05, 4.69) is 9.97 Å². The van der Waals surface area contributed by atoms with Gasteiger partial charge in [-0.05, 0) is 20.8 Å². The van der Waals surface area contributed by atoms with Crippen molar-refractivity contribution >= 4 is 0 Å². The zero-order chi connectivity index (χ0) is 11.3. The van der Waals surface area contributed by atoms with Crippen LogP contribution in [0.25, 0.3) is 0 Å². The Labute approximate surface area is 88.4 Å². The SMILES string of the molecule is CC(C)(C)OCCOc1ncc[nH]c1=O. The summed E-state index contributed by atoms with van der Waals surface area (Å²) in [6, 6.07) is 0. The minimum Gasteiger partial charge on any atom is -0.471 e. The maximum atomic E-state index is 11.1. The maximum absolute atomic E-state index is 11.1. The smallest absolute Gasteiger partial charge is 0.310 e. The molecule has 15 heavy (non-hydrogen) atoms. The van der Waals surface area contributed by atoms with Crippen LogP contribution in [0.2, 0.25) is 0 Å². The molecule has 0 fully saturated rings. The molecule has 0 bridgehead atoms. The summed E-state index contributed by atoms with van der Waals surface area (Å²) in [4.78, 5) is 17.4. The molecule has 0 spiro atoms. The van der Waals surface area contributed by atoms with Gasteiger partial charge in [0.1, 0.15) is 6.61 Å². The topological polar surface area (TPSA) is 64.2 Å². The fraction of sp³-hybridized carbons (Fsp3) is 0.600. The summed E-state index contributed by atoms with van der Waals surface area (Å²) in [5.74, 6) is 0.0787. The van der Waals surface area contributed by atoms with E-state index >= 15 is 0 Å². The van der Waals surface area contributed by atoms with Gasteiger partial charge in [0, 0.05) is 12.4 Å². The largest absolute Gasteiger partial charge is 0.471 e. The zero-order valence-electron chi connectivity index (χ0n) is 9.24. The van der Waals surface area contributed by atoms with Gasteiger partial charge in [-0.15, -0.1) is 0 Å². The molecule has 1 rings (SSSR count). The number of ether oxygens (including phenoxy) is 2. The summed E-state index contributed by atoms with van der Waals surface area (Å²) >= 11 is 0. The summed E-state index contributed by atoms with van der Waals surface area (Å²) < 4.78 is 10.6. The first-order chi connectivity index (χ1) is 6.99. The van der Waals surface area contributed by atoms with Crippen LogP contribution in [0.5, 0.6) is 5.88 Å². The van der Waals surface area contributed by atoms with E-state index in [1.54, 1.807) is 0 Å². The van der Waals surface area contributed by atoms with E-state index in [-0.39, 0.29) is 17.0 Å². The number of H-pyrrole nitrogens is 1. The zero-order valence-corrected chi connectivity index (χ0v) is 9.24. The van der Waals surface area contributed by atoms with E-state index in [0.29, 0.717) is 13.2 Å². The molecular weight excluding hydrogens is 196 g/mol. The van der Waals surface area contributed by atoms with E-state index in [9.17, 15) is 4.79 Å². The summed E-state index contributed by atoms with van der Waals surface area (Å²) in [6.45, 7) is 6.62. The lowest BCUT2D eigenvalue weighted by Crippen LogP contribution is -2.23. The first-order valence-electron chi connectivity index (χ1n) is 4.79. The second-order valence-corrected chi connectivity index (χ2v) is 4.03. The van der Waals surface area contributed by atoms with Crippen LogP contribution >= 0.6 is 0 Å². The summed E-state index contributed by atoms with van der Waals surface area (Å²) in [5.41, 5.74) is -0.520. The van der Waals surface area contributed by atoms with Crippen LogP contribution in [-0.4, -0.2) is 28.8 Å². The minimum absolute atomic E-state index is 0.0787. The Kier molecular flexibility index (Phi) is 3.85. The van der Waals surface area contributed by atoms with E-state index in [1.807, 2.05) is 20.8 Å². The van der Waals surface area contributed by atoms with Crippen molar-refractivity contribution in [1.29, 1.82) is 0 Å². The van der Waals surface area contributed by atoms with E-state index in [1.165, 1.54) is 12.4 Å². The number of hydrogen-bond donors (Lipinski definition) is 1. The van der Waals surface area contributed by atoms with Crippen molar-refractivity contribution in [3.05, 3.63) is 22.7 Å². The van der Waals surface area contributed by atoms with Gasteiger partial charge in [-0.3, -0.25) is 4.79 Å². The van der Waals surface area contributed by atoms with Crippen LogP contribution in [0, 0.1) is 0 Å². The Bertz CT molecular complexity index is 354. The maximum Gasteiger partial charge on any atom is 0.310 e. The molecule has 0 radical (unpaired) electrons. The molecule has 0 aliphatic heterocycles. The van der Waals surface area contributed by atoms with E-state index in [4.69, 9.17) is 9.47 Å². The highest BCUT2D eigenvalue weighted by molar-refractivity contribution is 5.01. The fourth-order valence-corrected chi connectivity index (χ4v) is 0.927. The van der Waals surface area contributed by atoms with Crippen LogP contribution in [0.3, 0.4) is 0 Å². The predicted octanol–water partition coefficient (Wildman–Crippen LogP) is 0.964. The second-order valence-electron chi connectivity index (χ2n) is 4.03. The molecule has 0 aromatic carbocycles. The van der Waals surface area contributed by atoms with E-state index in [0.717, 1.165) is 0 Å². The lowest BCUT2D eigenvalue weighted by Gasteiger charge is -2.19. The first-order valence-corrected chi connectivity index (χ1v) is 4.79. The van der Waals surface area contributed by atoms with Gasteiger partial charge >= 0.3 is 5.56 Å². The Morgan fingerprint density at radius 2 is 2.13 bits per heavy atom. The van der Waals surface area contributed by atoms with Gasteiger partial charge < -0.3 is 14.5 Å². The highest BCUT2D eigenvalue weighted by Crippen LogP contribution is 2.05. The number of aromatic amines is 1. The van der Waals surface area contributed by atoms with Gasteiger partial charge in [0.05, 0.1) is 12.2 Å². The lowest BCUT2D eigenvalue weighted by molar-refractivity contribution is -0.0169. The van der Waals surface area contributed by atoms with Gasteiger partial charge in [-0.25, -0.2) is 4.98 Å². The molecule has 1 heterocycles. The molecule has 0 aliphatic carbocycles. The van der Waals surface area contributed by atoms with Crippen molar-refractivity contribution < 1.29 is 9.47 Å². The average Bonchev–Trinajstić information content (AvgIpc) is 2.13. The quantitative estimate of drug-likeness (QED) is 0.755. The Hall–Kier alpha value is -1.36. The molecule has 1 N–H and O–H groups in total. The molecule has 0 saturated heterocycles. The predicted molar refractivity (Wildman–Crippen MR) is 56.1 cm³/mol. The lowest BCUT2D eigenvalue weighted by atomic mass is 10.2. The molecule has 0 atom stereocenters. The molecule has 5 nitrogen and oxygen atoms in total. The number of aromatic nitrogens is 2. The van der Waals surface area contributed by atoms with Crippen molar-refractivity contribution in [2.45, 2.75) is 26.4 Å². The first kappa shape index (κ1) is 11.7. The van der Waals surface area contributed by atoms with Crippen molar-refractivity contribution in [3.63, 3.8) is 0 Å². The van der Waals surface area contributed by atoms with Crippen molar-refractivity contribution in [2.75, 3.05) is 13.2 Å². The summed E-state index contributed by atoms with van der Waals surface area (Å²) in [6.07, 6.45) is 2.93. The number of rotatable bonds is 4. The van der Waals surface area contributed by atoms with Crippen molar-refractivity contribution in [2.24, 2.45) is 0 Å². The molecule has 0 saturated carbocycles. The average molecular weight is 212 g/mol. The standard InChI is InChI=1S/C10H16N2O3/c1-10(2,3)15-7-6-14-9-8(13)11-4-5-12-9/h4-5H,6-7H2,1-3H3,(H,11,13). The van der Waals surface area contributed by atoms with Gasteiger partial charge in [-0.1, -0.05) is 0 Å². The van der Waals surface area contributed by atoms with E-state index < -0.39 is 0 Å². The Morgan fingerprint density at radius 1 is 1.40 bits per heavy atom. The Morgan fingerprint density at radius 3 is 2.73 bits per heavy atom. The van der Waals surface area contributed by atoms with Crippen LogP contribution in [0.1, 0.15) is 20.8 Å². The molecule has 0 aliphatic rings. The van der Waals surface area contributed by atoms with Gasteiger partial charge in [-0.2, -0.15) is 0 Å². The number of nitrogens with one attached hydrogen (secondary N) is 1. The molecule has 0 amide bonds. The second kappa shape index (κ2) is 4.93. The van der Waals surface area contributed by atoms with Gasteiger partial charge in [0.2, 0.25) is 0 Å². The van der Waals surface area contributed by atoms with Gasteiger partial charge in [0.15, 0.2) is 0 Å². The van der Waals surface area contributed by atoms with Crippen LogP contribution in [0.4, 0.5) is 0 Å². The molecule has 1 aromatic heterocycles. The van der Waals surface area contributed by atoms with Crippen LogP contribution < -0.4 is 10.3 Å². The molecule has 5 heteroatoms. The Balaban J connectivity index is 2.33. The summed E-state index contributed by atoms with van der Waals surface area (Å²) in [7, 11) is 0. The fourth-order valence-electron chi connectivity index (χ4n) is 0.927. The third kappa shape index (κ3) is 4.60. The monoisotopic (exact) mass is 212 g/mol. The number of nitrogens with zero attached hydrogens (tertiary/aromatic N) is 1. The number of hydrogen-bond acceptors (Lipinski definition) is 4. The van der Waals surface area contributed by atoms with Crippen molar-refractivity contribution in [1.82, 2.24) is 9.97 Å². The summed E-state index contributed by atoms with van der Waals surface area (Å²) in [5, 5.41) is 0. The third-order valence-electron chi connectivity index (χ3n) is 1.53. The normalized spacial score (nSPS) is 11.4. The minimum atomic E-state index is -0.326. The van der Waals surface area contributed by atoms with Gasteiger partial charge in [0.25, 0.3) is 5.88 Å².